The largest absolute Gasteiger partial charge is 0.485 e. The summed E-state index contributed by atoms with van der Waals surface area (Å²) in [6.45, 7) is 4.96. The highest BCUT2D eigenvalue weighted by molar-refractivity contribution is 5.48. The Kier molecular flexibility index (Phi) is 3.68. The highest BCUT2D eigenvalue weighted by Crippen LogP contribution is 2.41. The number of nitrogens with one attached hydrogen (secondary N) is 1. The Bertz CT molecular complexity index is 529. The van der Waals surface area contributed by atoms with E-state index in [0.717, 1.165) is 0 Å². The van der Waals surface area contributed by atoms with Gasteiger partial charge in [0.15, 0.2) is 0 Å². The number of hydrogen-bond donors (Lipinski definition) is 3. The van der Waals surface area contributed by atoms with E-state index in [0.29, 0.717) is 11.3 Å². The van der Waals surface area contributed by atoms with Crippen molar-refractivity contribution >= 4 is 5.69 Å². The summed E-state index contributed by atoms with van der Waals surface area (Å²) >= 11 is 0. The second kappa shape index (κ2) is 5.01. The van der Waals surface area contributed by atoms with E-state index in [4.69, 9.17) is 4.74 Å². The molecule has 3 N–H and O–H groups in total. The van der Waals surface area contributed by atoms with Gasteiger partial charge in [0, 0.05) is 17.7 Å². The minimum Gasteiger partial charge on any atom is -0.485 e. The molecular formula is C13H18N2O5. The van der Waals surface area contributed by atoms with Crippen molar-refractivity contribution in [3.05, 3.63) is 33.9 Å². The third kappa shape index (κ3) is 2.60. The summed E-state index contributed by atoms with van der Waals surface area (Å²) < 4.78 is 5.68. The molecule has 1 aromatic rings. The Labute approximate surface area is 116 Å². The Balaban J connectivity index is 2.50. The van der Waals surface area contributed by atoms with Gasteiger partial charge in [-0.1, -0.05) is 0 Å². The number of ether oxygens (including phenoxy) is 1. The van der Waals surface area contributed by atoms with Gasteiger partial charge in [-0.15, -0.1) is 0 Å². The highest BCUT2D eigenvalue weighted by Gasteiger charge is 2.43. The molecule has 1 aromatic carbocycles. The molecule has 20 heavy (non-hydrogen) atoms. The number of aliphatic hydroxyl groups is 2. The maximum atomic E-state index is 10.9. The van der Waals surface area contributed by atoms with E-state index in [1.165, 1.54) is 25.1 Å². The molecule has 110 valence electrons. The molecule has 0 amide bonds. The lowest BCUT2D eigenvalue weighted by Crippen LogP contribution is -2.53. The second-order valence-electron chi connectivity index (χ2n) is 5.45. The van der Waals surface area contributed by atoms with Gasteiger partial charge in [-0.2, -0.15) is 0 Å². The van der Waals surface area contributed by atoms with E-state index in [2.05, 4.69) is 5.32 Å². The molecule has 0 saturated carbocycles. The van der Waals surface area contributed by atoms with Gasteiger partial charge in [0.05, 0.1) is 11.0 Å². The van der Waals surface area contributed by atoms with E-state index in [-0.39, 0.29) is 5.69 Å². The standard InChI is InChI=1S/C13H18N2O5/c1-7(16)14-11-9-6-8(15(18)19)4-5-10(9)20-13(2,3)12(11)17/h4-7,11-12,14,16-17H,1-3H3/t7?,11-,12+/m0/s1. The van der Waals surface area contributed by atoms with Crippen molar-refractivity contribution in [2.24, 2.45) is 0 Å². The Morgan fingerprint density at radius 2 is 2.15 bits per heavy atom. The van der Waals surface area contributed by atoms with Gasteiger partial charge in [-0.3, -0.25) is 15.4 Å². The zero-order valence-electron chi connectivity index (χ0n) is 11.5. The van der Waals surface area contributed by atoms with Crippen LogP contribution in [0.15, 0.2) is 18.2 Å². The molecule has 1 aliphatic heterocycles. The summed E-state index contributed by atoms with van der Waals surface area (Å²) in [6, 6.07) is 3.58. The van der Waals surface area contributed by atoms with Gasteiger partial charge in [0.2, 0.25) is 0 Å². The molecular weight excluding hydrogens is 264 g/mol. The first-order valence-electron chi connectivity index (χ1n) is 6.32. The molecule has 0 spiro atoms. The van der Waals surface area contributed by atoms with Crippen LogP contribution in [0, 0.1) is 10.1 Å². The Morgan fingerprint density at radius 1 is 1.50 bits per heavy atom. The van der Waals surface area contributed by atoms with Crippen molar-refractivity contribution in [1.82, 2.24) is 5.32 Å². The summed E-state index contributed by atoms with van der Waals surface area (Å²) in [6.07, 6.45) is -1.82. The van der Waals surface area contributed by atoms with Crippen molar-refractivity contribution in [2.75, 3.05) is 0 Å². The molecule has 7 nitrogen and oxygen atoms in total. The molecule has 2 rings (SSSR count). The smallest absolute Gasteiger partial charge is 0.270 e. The first-order valence-corrected chi connectivity index (χ1v) is 6.32. The molecule has 3 atom stereocenters. The van der Waals surface area contributed by atoms with Crippen LogP contribution in [0.1, 0.15) is 32.4 Å². The topological polar surface area (TPSA) is 105 Å². The molecule has 0 bridgehead atoms. The summed E-state index contributed by atoms with van der Waals surface area (Å²) in [7, 11) is 0. The van der Waals surface area contributed by atoms with Crippen molar-refractivity contribution in [2.45, 2.75) is 44.7 Å². The van der Waals surface area contributed by atoms with Crippen LogP contribution < -0.4 is 10.1 Å². The third-order valence-corrected chi connectivity index (χ3v) is 3.36. The lowest BCUT2D eigenvalue weighted by atomic mass is 9.86. The molecule has 0 saturated heterocycles. The van der Waals surface area contributed by atoms with Crippen LogP contribution in [-0.2, 0) is 0 Å². The zero-order chi connectivity index (χ0) is 15.1. The molecule has 7 heteroatoms. The zero-order valence-corrected chi connectivity index (χ0v) is 11.5. The monoisotopic (exact) mass is 282 g/mol. The normalized spacial score (nSPS) is 25.4. The highest BCUT2D eigenvalue weighted by atomic mass is 16.6. The first-order chi connectivity index (χ1) is 9.22. The van der Waals surface area contributed by atoms with Gasteiger partial charge in [-0.25, -0.2) is 0 Å². The number of hydrogen-bond acceptors (Lipinski definition) is 6. The molecule has 0 aromatic heterocycles. The number of nitrogens with zero attached hydrogens (tertiary/aromatic N) is 1. The van der Waals surface area contributed by atoms with E-state index < -0.39 is 28.9 Å². The number of benzene rings is 1. The van der Waals surface area contributed by atoms with Gasteiger partial charge >= 0.3 is 0 Å². The lowest BCUT2D eigenvalue weighted by Gasteiger charge is -2.42. The third-order valence-electron chi connectivity index (χ3n) is 3.36. The van der Waals surface area contributed by atoms with Gasteiger partial charge in [-0.05, 0) is 26.8 Å². The fourth-order valence-electron chi connectivity index (χ4n) is 2.34. The van der Waals surface area contributed by atoms with Crippen LogP contribution in [0.5, 0.6) is 5.75 Å². The predicted octanol–water partition coefficient (Wildman–Crippen LogP) is 1.10. The molecule has 0 fully saturated rings. The quantitative estimate of drug-likeness (QED) is 0.435. The maximum Gasteiger partial charge on any atom is 0.270 e. The number of fused-ring (bicyclic) bond motifs is 1. The van der Waals surface area contributed by atoms with Gasteiger partial charge in [0.25, 0.3) is 5.69 Å². The number of aliphatic hydroxyl groups excluding tert-OH is 2. The van der Waals surface area contributed by atoms with Crippen LogP contribution in [0.25, 0.3) is 0 Å². The second-order valence-corrected chi connectivity index (χ2v) is 5.45. The van der Waals surface area contributed by atoms with E-state index in [1.807, 2.05) is 0 Å². The number of nitro groups is 1. The molecule has 1 unspecified atom stereocenters. The molecule has 0 aliphatic carbocycles. The van der Waals surface area contributed by atoms with Gasteiger partial charge < -0.3 is 14.9 Å². The Hall–Kier alpha value is -1.70. The number of rotatable bonds is 3. The predicted molar refractivity (Wildman–Crippen MR) is 71.4 cm³/mol. The summed E-state index contributed by atoms with van der Waals surface area (Å²) in [5.74, 6) is 0.462. The Morgan fingerprint density at radius 3 is 2.70 bits per heavy atom. The minimum atomic E-state index is -0.952. The van der Waals surface area contributed by atoms with Crippen molar-refractivity contribution < 1.29 is 19.9 Å². The fourth-order valence-corrected chi connectivity index (χ4v) is 2.34. The minimum absolute atomic E-state index is 0.0864. The van der Waals surface area contributed by atoms with Crippen molar-refractivity contribution in [3.63, 3.8) is 0 Å². The summed E-state index contributed by atoms with van der Waals surface area (Å²) in [5.41, 5.74) is -0.487. The van der Waals surface area contributed by atoms with Crippen LogP contribution in [0.4, 0.5) is 5.69 Å². The van der Waals surface area contributed by atoms with Crippen LogP contribution in [0.3, 0.4) is 0 Å². The van der Waals surface area contributed by atoms with E-state index in [9.17, 15) is 20.3 Å². The lowest BCUT2D eigenvalue weighted by molar-refractivity contribution is -0.385. The molecule has 1 heterocycles. The van der Waals surface area contributed by atoms with Crippen LogP contribution in [-0.4, -0.2) is 33.1 Å². The van der Waals surface area contributed by atoms with Gasteiger partial charge in [0.1, 0.15) is 23.7 Å². The van der Waals surface area contributed by atoms with E-state index in [1.54, 1.807) is 13.8 Å². The first kappa shape index (κ1) is 14.7. The number of non-ortho nitro benzene ring substituents is 1. The fraction of sp³-hybridized carbons (Fsp3) is 0.538. The van der Waals surface area contributed by atoms with Crippen LogP contribution >= 0.6 is 0 Å². The molecule has 0 radical (unpaired) electrons. The SMILES string of the molecule is CC(O)N[C@H]1c2cc([N+](=O)[O-])ccc2OC(C)(C)[C@@H]1O. The van der Waals surface area contributed by atoms with Crippen molar-refractivity contribution in [3.8, 4) is 5.75 Å². The van der Waals surface area contributed by atoms with Crippen molar-refractivity contribution in [1.29, 1.82) is 0 Å². The molecule has 1 aliphatic rings. The average molecular weight is 282 g/mol. The maximum absolute atomic E-state index is 10.9. The summed E-state index contributed by atoms with van der Waals surface area (Å²) in [4.78, 5) is 10.3. The number of nitro benzene ring substituents is 1. The van der Waals surface area contributed by atoms with Crippen LogP contribution in [0.2, 0.25) is 0 Å². The summed E-state index contributed by atoms with van der Waals surface area (Å²) in [5, 5.41) is 33.5. The van der Waals surface area contributed by atoms with E-state index >= 15 is 0 Å². The average Bonchev–Trinajstić information content (AvgIpc) is 2.33.